The summed E-state index contributed by atoms with van der Waals surface area (Å²) in [5.74, 6) is 0. The summed E-state index contributed by atoms with van der Waals surface area (Å²) in [6.07, 6.45) is 1.13. The van der Waals surface area contributed by atoms with Crippen molar-refractivity contribution in [3.05, 3.63) is 29.3 Å². The molecule has 0 aromatic heterocycles. The van der Waals surface area contributed by atoms with Gasteiger partial charge in [-0.1, -0.05) is 19.1 Å². The Morgan fingerprint density at radius 1 is 1.38 bits per heavy atom. The number of aryl methyl sites for hydroxylation is 1. The zero-order valence-corrected chi connectivity index (χ0v) is 10.1. The SMILES string of the molecule is CCN=C1Nc2ccc(CC)cc2C(C)O1. The lowest BCUT2D eigenvalue weighted by molar-refractivity contribution is 0.206. The molecule has 2 rings (SSSR count). The second-order valence-corrected chi connectivity index (χ2v) is 3.94. The molecular weight excluding hydrogens is 200 g/mol. The maximum atomic E-state index is 5.69. The Morgan fingerprint density at radius 3 is 2.88 bits per heavy atom. The van der Waals surface area contributed by atoms with E-state index in [1.54, 1.807) is 0 Å². The van der Waals surface area contributed by atoms with Crippen LogP contribution in [0.2, 0.25) is 0 Å². The Hall–Kier alpha value is -1.51. The van der Waals surface area contributed by atoms with Crippen LogP contribution in [0, 0.1) is 0 Å². The summed E-state index contributed by atoms with van der Waals surface area (Å²) in [5.41, 5.74) is 3.67. The normalized spacial score (nSPS) is 21.2. The molecule has 0 amide bonds. The topological polar surface area (TPSA) is 33.6 Å². The van der Waals surface area contributed by atoms with Crippen molar-refractivity contribution in [1.82, 2.24) is 0 Å². The van der Waals surface area contributed by atoms with E-state index in [0.29, 0.717) is 6.02 Å². The van der Waals surface area contributed by atoms with Gasteiger partial charge in [-0.05, 0) is 31.9 Å². The van der Waals surface area contributed by atoms with Crippen molar-refractivity contribution in [1.29, 1.82) is 0 Å². The molecule has 86 valence electrons. The number of ether oxygens (including phenoxy) is 1. The predicted molar refractivity (Wildman–Crippen MR) is 66.9 cm³/mol. The lowest BCUT2D eigenvalue weighted by Crippen LogP contribution is -2.25. The van der Waals surface area contributed by atoms with E-state index in [9.17, 15) is 0 Å². The first-order chi connectivity index (χ1) is 7.74. The Balaban J connectivity index is 2.34. The van der Waals surface area contributed by atoms with E-state index in [2.05, 4.69) is 42.4 Å². The molecule has 1 heterocycles. The zero-order valence-electron chi connectivity index (χ0n) is 10.1. The van der Waals surface area contributed by atoms with Crippen LogP contribution in [0.1, 0.15) is 38.0 Å². The highest BCUT2D eigenvalue weighted by Gasteiger charge is 2.21. The molecule has 0 fully saturated rings. The van der Waals surface area contributed by atoms with Gasteiger partial charge in [-0.3, -0.25) is 0 Å². The second kappa shape index (κ2) is 4.56. The molecule has 1 unspecified atom stereocenters. The number of amidine groups is 1. The summed E-state index contributed by atoms with van der Waals surface area (Å²) in [6, 6.07) is 7.09. The number of rotatable bonds is 2. The summed E-state index contributed by atoms with van der Waals surface area (Å²) in [7, 11) is 0. The van der Waals surface area contributed by atoms with E-state index < -0.39 is 0 Å². The van der Waals surface area contributed by atoms with Crippen molar-refractivity contribution >= 4 is 11.7 Å². The molecule has 1 aromatic rings. The lowest BCUT2D eigenvalue weighted by Gasteiger charge is -2.26. The molecule has 1 aliphatic heterocycles. The molecule has 0 saturated heterocycles. The Morgan fingerprint density at radius 2 is 2.19 bits per heavy atom. The fourth-order valence-corrected chi connectivity index (χ4v) is 1.88. The molecular formula is C13H18N2O. The number of nitrogens with zero attached hydrogens (tertiary/aromatic N) is 1. The molecule has 16 heavy (non-hydrogen) atoms. The number of aliphatic imine (C=N–C) groups is 1. The molecule has 0 radical (unpaired) electrons. The molecule has 1 aliphatic rings. The Kier molecular flexibility index (Phi) is 3.13. The van der Waals surface area contributed by atoms with Crippen molar-refractivity contribution in [2.24, 2.45) is 4.99 Å². The molecule has 1 atom stereocenters. The minimum atomic E-state index is 0.0769. The summed E-state index contributed by atoms with van der Waals surface area (Å²) >= 11 is 0. The van der Waals surface area contributed by atoms with Crippen LogP contribution in [0.3, 0.4) is 0 Å². The number of hydrogen-bond acceptors (Lipinski definition) is 2. The fourth-order valence-electron chi connectivity index (χ4n) is 1.88. The highest BCUT2D eigenvalue weighted by molar-refractivity contribution is 5.92. The summed E-state index contributed by atoms with van der Waals surface area (Å²) in [4.78, 5) is 4.26. The average molecular weight is 218 g/mol. The monoisotopic (exact) mass is 218 g/mol. The van der Waals surface area contributed by atoms with E-state index in [1.807, 2.05) is 6.92 Å². The van der Waals surface area contributed by atoms with Crippen molar-refractivity contribution in [2.45, 2.75) is 33.3 Å². The van der Waals surface area contributed by atoms with E-state index in [4.69, 9.17) is 4.74 Å². The first-order valence-corrected chi connectivity index (χ1v) is 5.85. The molecule has 0 spiro atoms. The maximum Gasteiger partial charge on any atom is 0.289 e. The minimum absolute atomic E-state index is 0.0769. The highest BCUT2D eigenvalue weighted by Crippen LogP contribution is 2.31. The molecule has 0 bridgehead atoms. The van der Waals surface area contributed by atoms with Crippen LogP contribution < -0.4 is 5.32 Å². The van der Waals surface area contributed by atoms with Gasteiger partial charge >= 0.3 is 0 Å². The molecule has 0 aliphatic carbocycles. The first-order valence-electron chi connectivity index (χ1n) is 5.85. The van der Waals surface area contributed by atoms with Crippen molar-refractivity contribution in [3.63, 3.8) is 0 Å². The van der Waals surface area contributed by atoms with Gasteiger partial charge in [-0.25, -0.2) is 4.99 Å². The van der Waals surface area contributed by atoms with Gasteiger partial charge in [0.2, 0.25) is 0 Å². The zero-order chi connectivity index (χ0) is 11.5. The average Bonchev–Trinajstić information content (AvgIpc) is 2.29. The third-order valence-electron chi connectivity index (χ3n) is 2.79. The number of fused-ring (bicyclic) bond motifs is 1. The molecule has 3 nitrogen and oxygen atoms in total. The van der Waals surface area contributed by atoms with Crippen LogP contribution >= 0.6 is 0 Å². The smallest absolute Gasteiger partial charge is 0.289 e. The van der Waals surface area contributed by atoms with E-state index in [-0.39, 0.29) is 6.10 Å². The Labute approximate surface area is 96.5 Å². The minimum Gasteiger partial charge on any atom is -0.457 e. The van der Waals surface area contributed by atoms with Gasteiger partial charge in [0.15, 0.2) is 0 Å². The standard InChI is InChI=1S/C13H18N2O/c1-4-10-6-7-12-11(8-10)9(3)16-13(15-12)14-5-2/h6-9H,4-5H2,1-3H3,(H,14,15). The van der Waals surface area contributed by atoms with Gasteiger partial charge in [0, 0.05) is 17.8 Å². The lowest BCUT2D eigenvalue weighted by atomic mass is 10.0. The molecule has 1 aromatic carbocycles. The van der Waals surface area contributed by atoms with Gasteiger partial charge in [0.1, 0.15) is 6.10 Å². The van der Waals surface area contributed by atoms with Crippen LogP contribution in [-0.4, -0.2) is 12.6 Å². The van der Waals surface area contributed by atoms with Gasteiger partial charge < -0.3 is 10.1 Å². The van der Waals surface area contributed by atoms with Gasteiger partial charge in [-0.15, -0.1) is 0 Å². The van der Waals surface area contributed by atoms with Crippen LogP contribution in [0.4, 0.5) is 5.69 Å². The Bertz CT molecular complexity index is 412. The number of nitrogens with one attached hydrogen (secondary N) is 1. The number of hydrogen-bond donors (Lipinski definition) is 1. The summed E-state index contributed by atoms with van der Waals surface area (Å²) in [6.45, 7) is 6.95. The largest absolute Gasteiger partial charge is 0.457 e. The van der Waals surface area contributed by atoms with Gasteiger partial charge in [-0.2, -0.15) is 0 Å². The summed E-state index contributed by atoms with van der Waals surface area (Å²) < 4.78 is 5.69. The third-order valence-corrected chi connectivity index (χ3v) is 2.79. The quantitative estimate of drug-likeness (QED) is 0.827. The third kappa shape index (κ3) is 2.03. The fraction of sp³-hybridized carbons (Fsp3) is 0.462. The maximum absolute atomic E-state index is 5.69. The van der Waals surface area contributed by atoms with Crippen LogP contribution in [0.5, 0.6) is 0 Å². The van der Waals surface area contributed by atoms with E-state index in [0.717, 1.165) is 18.7 Å². The first kappa shape index (κ1) is 11.0. The van der Waals surface area contributed by atoms with Crippen molar-refractivity contribution < 1.29 is 4.74 Å². The van der Waals surface area contributed by atoms with Gasteiger partial charge in [0.25, 0.3) is 6.02 Å². The number of anilines is 1. The molecule has 3 heteroatoms. The van der Waals surface area contributed by atoms with E-state index in [1.165, 1.54) is 11.1 Å². The highest BCUT2D eigenvalue weighted by atomic mass is 16.5. The van der Waals surface area contributed by atoms with Crippen molar-refractivity contribution in [3.8, 4) is 0 Å². The van der Waals surface area contributed by atoms with Gasteiger partial charge in [0.05, 0.1) is 0 Å². The number of benzene rings is 1. The van der Waals surface area contributed by atoms with Crippen molar-refractivity contribution in [2.75, 3.05) is 11.9 Å². The van der Waals surface area contributed by atoms with Crippen LogP contribution in [-0.2, 0) is 11.2 Å². The molecule has 1 N–H and O–H groups in total. The second-order valence-electron chi connectivity index (χ2n) is 3.94. The summed E-state index contributed by atoms with van der Waals surface area (Å²) in [5, 5.41) is 3.21. The van der Waals surface area contributed by atoms with Crippen LogP contribution in [0.15, 0.2) is 23.2 Å². The molecule has 0 saturated carbocycles. The predicted octanol–water partition coefficient (Wildman–Crippen LogP) is 3.13. The van der Waals surface area contributed by atoms with Crippen LogP contribution in [0.25, 0.3) is 0 Å². The van der Waals surface area contributed by atoms with E-state index >= 15 is 0 Å².